The molecule has 1 rings (SSSR count). The smallest absolute Gasteiger partial charge is 0.731 e. The average molecular weight is 223 g/mol. The Morgan fingerprint density at radius 1 is 1.29 bits per heavy atom. The van der Waals surface area contributed by atoms with E-state index in [1.54, 1.807) is 24.3 Å². The molecule has 6 heteroatoms. The zero-order valence-corrected chi connectivity index (χ0v) is 11.0. The van der Waals surface area contributed by atoms with Gasteiger partial charge in [-0.15, -0.1) is 0 Å². The number of hydrogen-bond donors (Lipinski definition) is 1. The number of rotatable bonds is 3. The van der Waals surface area contributed by atoms with E-state index in [-0.39, 0.29) is 29.6 Å². The minimum Gasteiger partial charge on any atom is -0.731 e. The van der Waals surface area contributed by atoms with Crippen LogP contribution in [0.15, 0.2) is 24.3 Å². The van der Waals surface area contributed by atoms with Gasteiger partial charge in [0.2, 0.25) is 0 Å². The fraction of sp³-hybridized carbons (Fsp3) is 0.250. The van der Waals surface area contributed by atoms with Gasteiger partial charge >= 0.3 is 29.6 Å². The molecule has 0 radical (unpaired) electrons. The molecule has 0 heterocycles. The predicted octanol–water partition coefficient (Wildman–Crippen LogP) is -1.87. The summed E-state index contributed by atoms with van der Waals surface area (Å²) in [5, 5.41) is 0. The van der Waals surface area contributed by atoms with E-state index >= 15 is 0 Å². The van der Waals surface area contributed by atoms with Crippen LogP contribution in [0.3, 0.4) is 0 Å². The molecule has 0 atom stereocenters. The molecule has 0 unspecified atom stereocenters. The second-order valence-corrected chi connectivity index (χ2v) is 3.72. The van der Waals surface area contributed by atoms with Crippen LogP contribution < -0.4 is 34.3 Å². The normalized spacial score (nSPS) is 10.4. The topological polar surface area (TPSA) is 69.2 Å². The third-order valence-corrected chi connectivity index (χ3v) is 2.09. The molecule has 0 saturated carbocycles. The Morgan fingerprint density at radius 2 is 1.79 bits per heavy atom. The first-order chi connectivity index (χ1) is 6.01. The summed E-state index contributed by atoms with van der Waals surface area (Å²) in [5.41, 5.74) is 1.39. The van der Waals surface area contributed by atoms with E-state index in [1.165, 1.54) is 0 Å². The predicted molar refractivity (Wildman–Crippen MR) is 49.1 cm³/mol. The third-order valence-electron chi connectivity index (χ3n) is 1.61. The Balaban J connectivity index is 0.00000169. The van der Waals surface area contributed by atoms with Crippen LogP contribution in [-0.4, -0.2) is 13.0 Å². The number of aryl methyl sites for hydroxylation is 1. The molecule has 14 heavy (non-hydrogen) atoms. The summed E-state index contributed by atoms with van der Waals surface area (Å²) in [6, 6.07) is 6.67. The Labute approximate surface area is 106 Å². The van der Waals surface area contributed by atoms with Crippen molar-refractivity contribution in [2.24, 2.45) is 0 Å². The zero-order chi connectivity index (χ0) is 9.90. The van der Waals surface area contributed by atoms with Crippen LogP contribution in [0, 0.1) is 0 Å². The van der Waals surface area contributed by atoms with Gasteiger partial charge in [0.25, 0.3) is 0 Å². The summed E-state index contributed by atoms with van der Waals surface area (Å²) in [6.07, 6.45) is 0.879. The van der Waals surface area contributed by atoms with E-state index in [4.69, 9.17) is 0 Å². The third kappa shape index (κ3) is 4.97. The summed E-state index contributed by atoms with van der Waals surface area (Å²) in [5.74, 6) is 0. The maximum absolute atomic E-state index is 10.3. The van der Waals surface area contributed by atoms with Crippen molar-refractivity contribution in [1.82, 2.24) is 0 Å². The van der Waals surface area contributed by atoms with Gasteiger partial charge in [-0.2, -0.15) is 0 Å². The second kappa shape index (κ2) is 5.72. The van der Waals surface area contributed by atoms with Crippen molar-refractivity contribution in [3.05, 3.63) is 29.8 Å². The number of anilines is 1. The van der Waals surface area contributed by atoms with Gasteiger partial charge in [0, 0.05) is 5.69 Å². The van der Waals surface area contributed by atoms with Crippen LogP contribution in [0.2, 0.25) is 0 Å². The molecule has 0 bridgehead atoms. The Bertz CT molecular complexity index is 374. The van der Waals surface area contributed by atoms with Gasteiger partial charge in [0.05, 0.1) is 0 Å². The Hall–Kier alpha value is -0.0700. The van der Waals surface area contributed by atoms with Gasteiger partial charge in [-0.1, -0.05) is 19.1 Å². The minimum atomic E-state index is -4.40. The van der Waals surface area contributed by atoms with Gasteiger partial charge in [-0.3, -0.25) is 4.72 Å². The van der Waals surface area contributed by atoms with Crippen LogP contribution in [0.4, 0.5) is 5.69 Å². The maximum atomic E-state index is 10.3. The van der Waals surface area contributed by atoms with E-state index in [0.717, 1.165) is 12.0 Å². The molecule has 0 spiro atoms. The number of nitrogens with one attached hydrogen (secondary N) is 1. The summed E-state index contributed by atoms with van der Waals surface area (Å²) in [7, 11) is -4.40. The van der Waals surface area contributed by atoms with Crippen LogP contribution in [-0.2, 0) is 16.7 Å². The van der Waals surface area contributed by atoms with Crippen LogP contribution in [0.5, 0.6) is 0 Å². The van der Waals surface area contributed by atoms with Crippen molar-refractivity contribution in [3.63, 3.8) is 0 Å². The molecule has 72 valence electrons. The molecule has 0 amide bonds. The van der Waals surface area contributed by atoms with Crippen LogP contribution >= 0.6 is 0 Å². The van der Waals surface area contributed by atoms with E-state index in [1.807, 2.05) is 11.6 Å². The van der Waals surface area contributed by atoms with Gasteiger partial charge in [-0.05, 0) is 24.1 Å². The second-order valence-electron chi connectivity index (χ2n) is 2.61. The van der Waals surface area contributed by atoms with Crippen molar-refractivity contribution in [2.75, 3.05) is 4.72 Å². The standard InChI is InChI=1S/C8H11NO3S.Na/c1-2-7-3-5-8(6-4-7)9-13(10,11)12;/h3-6,9H,2H2,1H3,(H,10,11,12);/q;+1/p-1. The number of hydrogen-bond acceptors (Lipinski definition) is 3. The van der Waals surface area contributed by atoms with Crippen LogP contribution in [0.1, 0.15) is 12.5 Å². The minimum absolute atomic E-state index is 0. The first kappa shape index (κ1) is 13.9. The van der Waals surface area contributed by atoms with Crippen molar-refractivity contribution in [2.45, 2.75) is 13.3 Å². The monoisotopic (exact) mass is 223 g/mol. The van der Waals surface area contributed by atoms with Gasteiger partial charge in [0.15, 0.2) is 10.3 Å². The molecule has 0 aliphatic carbocycles. The van der Waals surface area contributed by atoms with Gasteiger partial charge < -0.3 is 4.55 Å². The molecular weight excluding hydrogens is 213 g/mol. The fourth-order valence-corrected chi connectivity index (χ4v) is 1.38. The van der Waals surface area contributed by atoms with E-state index < -0.39 is 10.3 Å². The maximum Gasteiger partial charge on any atom is 1.00 e. The molecule has 0 saturated heterocycles. The quantitative estimate of drug-likeness (QED) is 0.482. The Kier molecular flexibility index (Phi) is 5.70. The van der Waals surface area contributed by atoms with Crippen LogP contribution in [0.25, 0.3) is 0 Å². The summed E-state index contributed by atoms with van der Waals surface area (Å²) >= 11 is 0. The molecule has 0 aliphatic heterocycles. The molecule has 1 aromatic rings. The average Bonchev–Trinajstić information content (AvgIpc) is 2.03. The first-order valence-electron chi connectivity index (χ1n) is 3.84. The van der Waals surface area contributed by atoms with E-state index in [0.29, 0.717) is 5.69 Å². The first-order valence-corrected chi connectivity index (χ1v) is 5.24. The SMILES string of the molecule is CCc1ccc(NS(=O)(=O)[O-])cc1.[Na+]. The van der Waals surface area contributed by atoms with Crippen molar-refractivity contribution < 1.29 is 42.5 Å². The van der Waals surface area contributed by atoms with Gasteiger partial charge in [0.1, 0.15) is 0 Å². The molecule has 0 aromatic heterocycles. The molecular formula is C8H10NNaO3S. The molecule has 1 N–H and O–H groups in total. The van der Waals surface area contributed by atoms with E-state index in [9.17, 15) is 13.0 Å². The molecule has 4 nitrogen and oxygen atoms in total. The molecule has 0 fully saturated rings. The van der Waals surface area contributed by atoms with Gasteiger partial charge in [-0.25, -0.2) is 8.42 Å². The zero-order valence-electron chi connectivity index (χ0n) is 8.15. The van der Waals surface area contributed by atoms with E-state index in [2.05, 4.69) is 0 Å². The molecule has 0 aliphatic rings. The Morgan fingerprint density at radius 3 is 2.14 bits per heavy atom. The fourth-order valence-electron chi connectivity index (χ4n) is 0.953. The summed E-state index contributed by atoms with van der Waals surface area (Å²) in [6.45, 7) is 1.99. The largest absolute Gasteiger partial charge is 1.00 e. The van der Waals surface area contributed by atoms with Crippen molar-refractivity contribution in [3.8, 4) is 0 Å². The summed E-state index contributed by atoms with van der Waals surface area (Å²) < 4.78 is 32.7. The number of benzene rings is 1. The van der Waals surface area contributed by atoms with Crippen molar-refractivity contribution in [1.29, 1.82) is 0 Å². The molecule has 1 aromatic carbocycles. The summed E-state index contributed by atoms with van der Waals surface area (Å²) in [4.78, 5) is 0. The van der Waals surface area contributed by atoms with Crippen molar-refractivity contribution >= 4 is 16.0 Å².